The molecule has 4 heterocycles. The van der Waals surface area contributed by atoms with Gasteiger partial charge in [0, 0.05) is 82.7 Å². The highest BCUT2D eigenvalue weighted by Crippen LogP contribution is 2.62. The molecule has 6 N–H and O–H groups in total. The molecule has 1 unspecified atom stereocenters. The number of amides is 5. The Bertz CT molecular complexity index is 2440. The zero-order chi connectivity index (χ0) is 48.1. The Kier molecular flexibility index (Phi) is 15.0. The molecular weight excluding hydrogens is 905 g/mol. The number of imide groups is 1. The number of carbonyl (C=O) groups excluding carboxylic acids is 5. The van der Waals surface area contributed by atoms with Crippen molar-refractivity contribution in [3.05, 3.63) is 100 Å². The number of nitrogens with zero attached hydrogens (tertiary/aromatic N) is 1. The van der Waals surface area contributed by atoms with E-state index in [0.717, 1.165) is 47.3 Å². The van der Waals surface area contributed by atoms with E-state index < -0.39 is 34.8 Å². The molecule has 2 spiro atoms. The Morgan fingerprint density at radius 3 is 2.29 bits per heavy atom. The summed E-state index contributed by atoms with van der Waals surface area (Å²) in [6.45, 7) is 8.17. The van der Waals surface area contributed by atoms with Gasteiger partial charge in [-0.05, 0) is 86.4 Å². The molecule has 4 atom stereocenters. The third-order valence-electron chi connectivity index (χ3n) is 15.2. The van der Waals surface area contributed by atoms with Crippen LogP contribution >= 0.6 is 11.6 Å². The lowest BCUT2D eigenvalue weighted by atomic mass is 9.55. The van der Waals surface area contributed by atoms with Gasteiger partial charge in [-0.1, -0.05) is 67.8 Å². The van der Waals surface area contributed by atoms with Crippen LogP contribution in [0.4, 0.5) is 15.8 Å². The monoisotopic (exact) mass is 967 g/mol. The van der Waals surface area contributed by atoms with Gasteiger partial charge in [0.2, 0.25) is 29.5 Å². The first-order valence-electron chi connectivity index (χ1n) is 24.6. The first kappa shape index (κ1) is 48.6. The SMILES string of the molecule is C=C1c2cccc(NCCOCCOCCOCCNC(=O)C3CCC(NC(=O)[C@@H]4NC5(CCCCC5)[C@@]5(C(=O)Nc6cc(Cl)ccc65)[C@H]4c4cccc(F)c4)CC3)c2CN1C1CCC(=O)NC1=O. The van der Waals surface area contributed by atoms with E-state index in [1.54, 1.807) is 18.2 Å². The Morgan fingerprint density at radius 1 is 0.826 bits per heavy atom. The van der Waals surface area contributed by atoms with Crippen LogP contribution in [0.25, 0.3) is 5.70 Å². The first-order valence-corrected chi connectivity index (χ1v) is 25.0. The van der Waals surface area contributed by atoms with Crippen LogP contribution in [0.1, 0.15) is 98.8 Å². The summed E-state index contributed by atoms with van der Waals surface area (Å²) in [6.07, 6.45) is 7.50. The van der Waals surface area contributed by atoms with Crippen molar-refractivity contribution in [2.45, 2.75) is 112 Å². The van der Waals surface area contributed by atoms with Crippen molar-refractivity contribution in [3.63, 3.8) is 0 Å². The number of benzene rings is 3. The summed E-state index contributed by atoms with van der Waals surface area (Å²) in [6, 6.07) is 16.3. The summed E-state index contributed by atoms with van der Waals surface area (Å²) in [5, 5.41) is 19.5. The van der Waals surface area contributed by atoms with Crippen LogP contribution < -0.4 is 31.9 Å². The molecule has 3 aromatic carbocycles. The third-order valence-corrected chi connectivity index (χ3v) is 15.5. The van der Waals surface area contributed by atoms with Gasteiger partial charge < -0.3 is 40.4 Å². The van der Waals surface area contributed by atoms with Crippen LogP contribution in [0, 0.1) is 11.7 Å². The number of fused-ring (bicyclic) bond motifs is 4. The highest BCUT2D eigenvalue weighted by molar-refractivity contribution is 6.31. The van der Waals surface area contributed by atoms with Gasteiger partial charge in [0.25, 0.3) is 0 Å². The molecule has 4 fully saturated rings. The van der Waals surface area contributed by atoms with E-state index in [0.29, 0.717) is 127 Å². The Morgan fingerprint density at radius 2 is 1.55 bits per heavy atom. The Hall–Kier alpha value is -5.39. The molecule has 3 aromatic rings. The summed E-state index contributed by atoms with van der Waals surface area (Å²) >= 11 is 6.41. The average molecular weight is 969 g/mol. The van der Waals surface area contributed by atoms with E-state index in [2.05, 4.69) is 38.5 Å². The smallest absolute Gasteiger partial charge is 0.249 e. The number of hydrogen-bond donors (Lipinski definition) is 6. The maximum atomic E-state index is 15.0. The molecule has 2 saturated heterocycles. The quantitative estimate of drug-likeness (QED) is 0.0681. The van der Waals surface area contributed by atoms with Gasteiger partial charge in [-0.3, -0.25) is 34.6 Å². The minimum absolute atomic E-state index is 0.0293. The minimum atomic E-state index is -1.17. The summed E-state index contributed by atoms with van der Waals surface area (Å²) < 4.78 is 32.1. The molecule has 69 heavy (non-hydrogen) atoms. The lowest BCUT2D eigenvalue weighted by Gasteiger charge is -2.47. The van der Waals surface area contributed by atoms with Crippen molar-refractivity contribution >= 4 is 58.2 Å². The number of nitrogens with one attached hydrogen (secondary N) is 6. The second kappa shape index (κ2) is 21.3. The largest absolute Gasteiger partial charge is 0.382 e. The molecule has 0 bridgehead atoms. The molecule has 5 amide bonds. The number of hydrogen-bond acceptors (Lipinski definition) is 11. The summed E-state index contributed by atoms with van der Waals surface area (Å²) in [5.41, 5.74) is 3.91. The van der Waals surface area contributed by atoms with Crippen molar-refractivity contribution < 1.29 is 42.6 Å². The van der Waals surface area contributed by atoms with E-state index >= 15 is 4.39 Å². The van der Waals surface area contributed by atoms with Gasteiger partial charge in [0.1, 0.15) is 17.3 Å². The van der Waals surface area contributed by atoms with Crippen LogP contribution in [0.5, 0.6) is 0 Å². The molecule has 2 aliphatic carbocycles. The lowest BCUT2D eigenvalue weighted by Crippen LogP contribution is -2.60. The van der Waals surface area contributed by atoms with Crippen molar-refractivity contribution in [3.8, 4) is 0 Å². The van der Waals surface area contributed by atoms with Crippen LogP contribution in [-0.2, 0) is 50.1 Å². The molecule has 0 radical (unpaired) electrons. The number of rotatable bonds is 18. The molecule has 368 valence electrons. The van der Waals surface area contributed by atoms with E-state index in [1.807, 2.05) is 35.2 Å². The zero-order valence-electron chi connectivity index (χ0n) is 39.0. The predicted molar refractivity (Wildman–Crippen MR) is 259 cm³/mol. The van der Waals surface area contributed by atoms with Gasteiger partial charge in [-0.15, -0.1) is 0 Å². The minimum Gasteiger partial charge on any atom is -0.382 e. The normalized spacial score (nSPS) is 25.9. The van der Waals surface area contributed by atoms with E-state index in [1.165, 1.54) is 12.1 Å². The van der Waals surface area contributed by atoms with Crippen molar-refractivity contribution in [2.75, 3.05) is 63.4 Å². The number of piperidine rings is 1. The topological polar surface area (TPSA) is 188 Å². The van der Waals surface area contributed by atoms with Crippen molar-refractivity contribution in [1.82, 2.24) is 26.2 Å². The van der Waals surface area contributed by atoms with Crippen LogP contribution in [0.15, 0.2) is 67.2 Å². The van der Waals surface area contributed by atoms with E-state index in [-0.39, 0.29) is 41.5 Å². The van der Waals surface area contributed by atoms with Crippen LogP contribution in [0.3, 0.4) is 0 Å². The fourth-order valence-electron chi connectivity index (χ4n) is 12.1. The molecule has 17 heteroatoms. The highest BCUT2D eigenvalue weighted by atomic mass is 35.5. The fourth-order valence-corrected chi connectivity index (χ4v) is 12.2. The number of ether oxygens (including phenoxy) is 3. The average Bonchev–Trinajstić information content (AvgIpc) is 3.94. The van der Waals surface area contributed by atoms with Gasteiger partial charge in [0.05, 0.1) is 45.7 Å². The summed E-state index contributed by atoms with van der Waals surface area (Å²) in [4.78, 5) is 68.4. The van der Waals surface area contributed by atoms with Gasteiger partial charge in [-0.2, -0.15) is 0 Å². The maximum absolute atomic E-state index is 15.0. The summed E-state index contributed by atoms with van der Waals surface area (Å²) in [7, 11) is 0. The van der Waals surface area contributed by atoms with Gasteiger partial charge in [-0.25, -0.2) is 4.39 Å². The van der Waals surface area contributed by atoms with Crippen LogP contribution in [-0.4, -0.2) is 111 Å². The molecule has 9 rings (SSSR count). The molecule has 15 nitrogen and oxygen atoms in total. The molecule has 6 aliphatic rings. The molecule has 2 saturated carbocycles. The number of anilines is 2. The van der Waals surface area contributed by atoms with E-state index in [4.69, 9.17) is 25.8 Å². The molecule has 4 aliphatic heterocycles. The lowest BCUT2D eigenvalue weighted by molar-refractivity contribution is -0.136. The Balaban J connectivity index is 0.666. The van der Waals surface area contributed by atoms with Crippen molar-refractivity contribution in [1.29, 1.82) is 0 Å². The van der Waals surface area contributed by atoms with E-state index in [9.17, 15) is 24.0 Å². The van der Waals surface area contributed by atoms with Crippen LogP contribution in [0.2, 0.25) is 5.02 Å². The zero-order valence-corrected chi connectivity index (χ0v) is 39.7. The Labute approximate surface area is 407 Å². The first-order chi connectivity index (χ1) is 33.5. The summed E-state index contributed by atoms with van der Waals surface area (Å²) in [5.74, 6) is -2.26. The van der Waals surface area contributed by atoms with Gasteiger partial charge >= 0.3 is 0 Å². The predicted octanol–water partition coefficient (Wildman–Crippen LogP) is 5.67. The fraction of sp³-hybridized carbons (Fsp3) is 0.519. The standard InChI is InChI=1S/C52H63ClFN7O8/c1-32-38-9-6-10-41(39(38)31-61(32)43-17-18-44(62)59-48(43)64)55-21-23-67-25-27-69-28-26-68-24-22-56-47(63)33-11-14-37(15-12-33)57-49(65)46-45(34-7-5-8-36(54)29-34)52(51(60-46)19-3-2-4-20-51)40-16-13-35(53)30-42(40)58-50(52)66/h5-10,13,16,29-30,33,37,43,45-46,55,60H,1-4,11-12,14-15,17-28,31H2,(H,56,63)(H,57,65)(H,58,66)(H,59,62,64)/t33?,37?,43?,45-,46+,52+/m0/s1. The second-order valence-corrected chi connectivity index (χ2v) is 19.7. The molecular formula is C52H63ClFN7O8. The number of carbonyl (C=O) groups is 5. The highest BCUT2D eigenvalue weighted by Gasteiger charge is 2.72. The van der Waals surface area contributed by atoms with Gasteiger partial charge in [0.15, 0.2) is 0 Å². The maximum Gasteiger partial charge on any atom is 0.249 e. The number of halogens is 2. The third kappa shape index (κ3) is 9.88. The van der Waals surface area contributed by atoms with Crippen molar-refractivity contribution in [2.24, 2.45) is 5.92 Å². The molecule has 0 aromatic heterocycles. The second-order valence-electron chi connectivity index (χ2n) is 19.2.